The predicted molar refractivity (Wildman–Crippen MR) is 99.1 cm³/mol. The van der Waals surface area contributed by atoms with Crippen LogP contribution in [0.5, 0.6) is 0 Å². The molecule has 0 saturated carbocycles. The van der Waals surface area contributed by atoms with E-state index in [1.54, 1.807) is 0 Å². The molecular weight excluding hydrogens is 286 g/mol. The van der Waals surface area contributed by atoms with Crippen molar-refractivity contribution >= 4 is 0 Å². The Morgan fingerprint density at radius 3 is 1.39 bits per heavy atom. The third kappa shape index (κ3) is 21.9. The lowest BCUT2D eigenvalue weighted by Crippen LogP contribution is -2.17. The molecule has 1 N–H and O–H groups in total. The van der Waals surface area contributed by atoms with Gasteiger partial charge >= 0.3 is 0 Å². The molecule has 0 unspecified atom stereocenters. The van der Waals surface area contributed by atoms with Crippen molar-refractivity contribution in [3.63, 3.8) is 0 Å². The van der Waals surface area contributed by atoms with Crippen molar-refractivity contribution < 1.29 is 9.94 Å². The van der Waals surface area contributed by atoms with Gasteiger partial charge in [-0.15, -0.1) is 0 Å². The van der Waals surface area contributed by atoms with Gasteiger partial charge in [0.25, 0.3) is 0 Å². The van der Waals surface area contributed by atoms with Crippen molar-refractivity contribution in [3.8, 4) is 0 Å². The Balaban J connectivity index is 2.92. The van der Waals surface area contributed by atoms with Gasteiger partial charge < -0.3 is 0 Å². The van der Waals surface area contributed by atoms with E-state index in [1.807, 2.05) is 0 Å². The lowest BCUT2D eigenvalue weighted by Gasteiger charge is -2.04. The van der Waals surface area contributed by atoms with E-state index in [4.69, 9.17) is 4.84 Å². The summed E-state index contributed by atoms with van der Waals surface area (Å²) in [6, 6.07) is 0. The molecule has 0 aliphatic carbocycles. The summed E-state index contributed by atoms with van der Waals surface area (Å²) >= 11 is 0. The number of nitrogens with one attached hydrogen (secondary N) is 1. The Morgan fingerprint density at radius 2 is 1.00 bits per heavy atom. The zero-order valence-electron chi connectivity index (χ0n) is 15.8. The van der Waals surface area contributed by atoms with E-state index in [0.29, 0.717) is 0 Å². The molecule has 0 spiro atoms. The van der Waals surface area contributed by atoms with Gasteiger partial charge in [-0.2, -0.15) is 0 Å². The second-order valence-electron chi connectivity index (χ2n) is 6.75. The smallest absolute Gasteiger partial charge is 0.108 e. The van der Waals surface area contributed by atoms with E-state index in [0.717, 1.165) is 13.0 Å². The number of hydrogen-bond donors (Lipinski definition) is 1. The Kier molecular flexibility index (Phi) is 21.8. The van der Waals surface area contributed by atoms with Crippen molar-refractivity contribution in [3.05, 3.63) is 0 Å². The first kappa shape index (κ1) is 22.9. The highest BCUT2D eigenvalue weighted by atomic mass is 16.6. The summed E-state index contributed by atoms with van der Waals surface area (Å²) in [5.41, 5.74) is 2.84. The molecule has 0 rings (SSSR count). The maximum atomic E-state index is 10.1. The van der Waals surface area contributed by atoms with Crippen LogP contribution in [0.15, 0.2) is 0 Å². The standard InChI is InChI=1S/C20H42NO2/c1-2-3-4-5-6-7-8-9-10-11-12-13-14-15-16-17-18-21-23-20-19-22/h21H,2-20H2,1H3. The van der Waals surface area contributed by atoms with Gasteiger partial charge in [-0.05, 0) is 6.42 Å². The van der Waals surface area contributed by atoms with Crippen LogP contribution in [0.4, 0.5) is 0 Å². The van der Waals surface area contributed by atoms with Crippen LogP contribution in [0.2, 0.25) is 0 Å². The van der Waals surface area contributed by atoms with Gasteiger partial charge in [0, 0.05) is 6.54 Å². The molecule has 0 amide bonds. The second kappa shape index (κ2) is 21.9. The van der Waals surface area contributed by atoms with Crippen molar-refractivity contribution in [2.45, 2.75) is 110 Å². The Hall–Kier alpha value is -0.120. The molecule has 0 heterocycles. The highest BCUT2D eigenvalue weighted by molar-refractivity contribution is 4.50. The largest absolute Gasteiger partial charge is 0.299 e. The molecule has 3 nitrogen and oxygen atoms in total. The van der Waals surface area contributed by atoms with Gasteiger partial charge in [-0.25, -0.2) is 10.6 Å². The van der Waals surface area contributed by atoms with Crippen molar-refractivity contribution in [1.29, 1.82) is 0 Å². The van der Waals surface area contributed by atoms with E-state index >= 15 is 0 Å². The average molecular weight is 329 g/mol. The summed E-state index contributed by atoms with van der Waals surface area (Å²) < 4.78 is 0. The normalized spacial score (nSPS) is 11.2. The third-order valence-electron chi connectivity index (χ3n) is 4.42. The monoisotopic (exact) mass is 328 g/mol. The second-order valence-corrected chi connectivity index (χ2v) is 6.75. The summed E-state index contributed by atoms with van der Waals surface area (Å²) in [5.74, 6) is 0. The molecule has 0 aromatic carbocycles. The predicted octanol–water partition coefficient (Wildman–Crippen LogP) is 6.20. The first-order valence-electron chi connectivity index (χ1n) is 10.3. The van der Waals surface area contributed by atoms with Gasteiger partial charge in [-0.1, -0.05) is 103 Å². The molecule has 0 atom stereocenters. The lowest BCUT2D eigenvalue weighted by molar-refractivity contribution is 0.00155. The Bertz CT molecular complexity index is 180. The summed E-state index contributed by atoms with van der Waals surface area (Å²) in [5, 5.41) is 10.1. The average Bonchev–Trinajstić information content (AvgIpc) is 2.57. The molecule has 23 heavy (non-hydrogen) atoms. The summed E-state index contributed by atoms with van der Waals surface area (Å²) in [4.78, 5) is 4.94. The van der Waals surface area contributed by atoms with Crippen LogP contribution >= 0.6 is 0 Å². The highest BCUT2D eigenvalue weighted by Crippen LogP contribution is 2.13. The molecule has 0 aromatic rings. The molecule has 0 fully saturated rings. The molecule has 0 aliphatic rings. The zero-order valence-corrected chi connectivity index (χ0v) is 15.8. The first-order valence-corrected chi connectivity index (χ1v) is 10.3. The minimum Gasteiger partial charge on any atom is -0.299 e. The molecule has 3 heteroatoms. The van der Waals surface area contributed by atoms with Gasteiger partial charge in [0.1, 0.15) is 6.61 Å². The molecule has 0 aromatic heterocycles. The van der Waals surface area contributed by atoms with E-state index in [1.165, 1.54) is 96.3 Å². The van der Waals surface area contributed by atoms with Crippen LogP contribution in [0, 0.1) is 0 Å². The number of unbranched alkanes of at least 4 members (excludes halogenated alkanes) is 15. The quantitative estimate of drug-likeness (QED) is 0.213. The minimum atomic E-state index is -0.161. The number of hydroxylamine groups is 1. The first-order chi connectivity index (χ1) is 11.4. The fraction of sp³-hybridized carbons (Fsp3) is 1.00. The maximum absolute atomic E-state index is 10.1. The highest BCUT2D eigenvalue weighted by Gasteiger charge is 1.94. The van der Waals surface area contributed by atoms with Crippen LogP contribution in [-0.2, 0) is 9.94 Å². The van der Waals surface area contributed by atoms with E-state index in [-0.39, 0.29) is 13.2 Å². The van der Waals surface area contributed by atoms with Crippen molar-refractivity contribution in [1.82, 2.24) is 5.48 Å². The van der Waals surface area contributed by atoms with Crippen LogP contribution < -0.4 is 5.48 Å². The van der Waals surface area contributed by atoms with Crippen LogP contribution in [0.3, 0.4) is 0 Å². The third-order valence-corrected chi connectivity index (χ3v) is 4.42. The number of hydrogen-bond acceptors (Lipinski definition) is 2. The van der Waals surface area contributed by atoms with Gasteiger partial charge in [-0.3, -0.25) is 4.84 Å². The van der Waals surface area contributed by atoms with Gasteiger partial charge in [0.2, 0.25) is 0 Å². The molecule has 1 radical (unpaired) electrons. The van der Waals surface area contributed by atoms with Gasteiger partial charge in [0.05, 0.1) is 6.61 Å². The topological polar surface area (TPSA) is 41.2 Å². The minimum absolute atomic E-state index is 0.161. The maximum Gasteiger partial charge on any atom is 0.108 e. The van der Waals surface area contributed by atoms with Crippen LogP contribution in [-0.4, -0.2) is 19.8 Å². The molecule has 0 aliphatic heterocycles. The molecule has 0 bridgehead atoms. The Morgan fingerprint density at radius 1 is 0.609 bits per heavy atom. The fourth-order valence-corrected chi connectivity index (χ4v) is 2.93. The van der Waals surface area contributed by atoms with Crippen molar-refractivity contribution in [2.24, 2.45) is 0 Å². The van der Waals surface area contributed by atoms with E-state index in [2.05, 4.69) is 12.4 Å². The summed E-state index contributed by atoms with van der Waals surface area (Å²) in [7, 11) is 0. The summed E-state index contributed by atoms with van der Waals surface area (Å²) in [6.45, 7) is 3.27. The van der Waals surface area contributed by atoms with E-state index < -0.39 is 0 Å². The molecule has 0 saturated heterocycles. The SMILES string of the molecule is CCCCCCCCCCCCCCCCCCNOCC[O]. The van der Waals surface area contributed by atoms with Gasteiger partial charge in [0.15, 0.2) is 0 Å². The lowest BCUT2D eigenvalue weighted by atomic mass is 10.0. The van der Waals surface area contributed by atoms with Crippen molar-refractivity contribution in [2.75, 3.05) is 19.8 Å². The zero-order chi connectivity index (χ0) is 16.8. The molecular formula is C20H42NO2. The van der Waals surface area contributed by atoms with E-state index in [9.17, 15) is 5.11 Å². The summed E-state index contributed by atoms with van der Waals surface area (Å²) in [6.07, 6.45) is 22.3. The number of rotatable bonds is 20. The van der Waals surface area contributed by atoms with Crippen LogP contribution in [0.25, 0.3) is 0 Å². The fourth-order valence-electron chi connectivity index (χ4n) is 2.93. The Labute approximate surface area is 145 Å². The van der Waals surface area contributed by atoms with Crippen LogP contribution in [0.1, 0.15) is 110 Å². The molecule has 139 valence electrons.